The number of nitrogens with one attached hydrogen (secondary N) is 1. The molecule has 0 unspecified atom stereocenters. The van der Waals surface area contributed by atoms with Crippen molar-refractivity contribution in [2.45, 2.75) is 48.0 Å². The molecule has 6 rings (SSSR count). The number of carbonyl (C=O) groups is 4. The number of anilines is 1. The van der Waals surface area contributed by atoms with E-state index in [2.05, 4.69) is 5.32 Å². The van der Waals surface area contributed by atoms with E-state index in [9.17, 15) is 39.6 Å². The first kappa shape index (κ1) is 38.8. The zero-order valence-electron chi connectivity index (χ0n) is 31.7. The number of phenolic OH excluding ortho intramolecular Hbond substituents is 2. The molecule has 1 amide bonds. The van der Waals surface area contributed by atoms with Crippen LogP contribution < -0.4 is 5.32 Å². The minimum Gasteiger partial charge on any atom is -0.507 e. The van der Waals surface area contributed by atoms with E-state index in [1.807, 2.05) is 0 Å². The van der Waals surface area contributed by atoms with Gasteiger partial charge in [-0.2, -0.15) is 0 Å². The lowest BCUT2D eigenvalue weighted by atomic mass is 9.75. The fourth-order valence-corrected chi connectivity index (χ4v) is 7.29. The number of aryl methyl sites for hydroxylation is 2. The maximum Gasteiger partial charge on any atom is 0.416 e. The Morgan fingerprint density at radius 1 is 0.643 bits per heavy atom. The molecule has 56 heavy (non-hydrogen) atoms. The van der Waals surface area contributed by atoms with Crippen molar-refractivity contribution in [3.05, 3.63) is 136 Å². The summed E-state index contributed by atoms with van der Waals surface area (Å²) < 4.78 is 10.7. The third-order valence-corrected chi connectivity index (χ3v) is 9.75. The third kappa shape index (κ3) is 7.06. The van der Waals surface area contributed by atoms with Crippen LogP contribution in [0.25, 0.3) is 33.4 Å². The molecule has 0 heterocycles. The fraction of sp³-hybridized carbons (Fsp3) is 0.200. The molecule has 4 aromatic carbocycles. The minimum atomic E-state index is -0.933. The number of para-hydroxylation sites is 1. The molecular weight excluding hydrogens is 714 g/mol. The average molecular weight is 756 g/mol. The van der Waals surface area contributed by atoms with E-state index in [1.54, 1.807) is 114 Å². The summed E-state index contributed by atoms with van der Waals surface area (Å²) in [6.45, 7) is 10.4. The molecule has 0 aliphatic heterocycles. The second-order valence-corrected chi connectivity index (χ2v) is 14.3. The van der Waals surface area contributed by atoms with Crippen LogP contribution in [0.5, 0.6) is 11.5 Å². The second kappa shape index (κ2) is 15.5. The van der Waals surface area contributed by atoms with Crippen molar-refractivity contribution in [1.82, 2.24) is 0 Å². The Morgan fingerprint density at radius 2 is 1.07 bits per heavy atom. The Morgan fingerprint density at radius 3 is 1.52 bits per heavy atom. The van der Waals surface area contributed by atoms with Crippen molar-refractivity contribution in [2.24, 2.45) is 11.8 Å². The van der Waals surface area contributed by atoms with Crippen molar-refractivity contribution in [1.29, 1.82) is 0 Å². The number of fused-ring (bicyclic) bond motifs is 2. The highest BCUT2D eigenvalue weighted by Crippen LogP contribution is 2.53. The van der Waals surface area contributed by atoms with Crippen LogP contribution >= 0.6 is 0 Å². The van der Waals surface area contributed by atoms with Crippen LogP contribution in [0.2, 0.25) is 0 Å². The number of allylic oxidation sites excluding steroid dienone is 4. The van der Waals surface area contributed by atoms with Crippen LogP contribution in [-0.2, 0) is 30.3 Å². The maximum atomic E-state index is 13.8. The van der Waals surface area contributed by atoms with E-state index in [-0.39, 0.29) is 62.8 Å². The van der Waals surface area contributed by atoms with Crippen molar-refractivity contribution in [2.75, 3.05) is 5.32 Å². The van der Waals surface area contributed by atoms with Gasteiger partial charge in [-0.05, 0) is 65.6 Å². The van der Waals surface area contributed by atoms with E-state index < -0.39 is 46.6 Å². The molecule has 4 aromatic rings. The molecule has 0 fully saturated rings. The molecule has 0 aromatic heterocycles. The minimum absolute atomic E-state index is 0.0331. The van der Waals surface area contributed by atoms with Crippen molar-refractivity contribution in [3.63, 3.8) is 0 Å². The number of benzene rings is 4. The number of rotatable bonds is 8. The number of ketones is 2. The van der Waals surface area contributed by atoms with Crippen LogP contribution in [0, 0.1) is 25.7 Å². The van der Waals surface area contributed by atoms with E-state index in [1.165, 1.54) is 0 Å². The largest absolute Gasteiger partial charge is 0.507 e. The van der Waals surface area contributed by atoms with E-state index in [4.69, 9.17) is 9.47 Å². The average Bonchev–Trinajstić information content (AvgIpc) is 3.14. The summed E-state index contributed by atoms with van der Waals surface area (Å²) in [4.78, 5) is 53.2. The fourth-order valence-electron chi connectivity index (χ4n) is 7.29. The molecule has 0 spiro atoms. The highest BCUT2D eigenvalue weighted by molar-refractivity contribution is 6.35. The summed E-state index contributed by atoms with van der Waals surface area (Å²) in [6.07, 6.45) is 0.735. The maximum absolute atomic E-state index is 13.8. The Balaban J connectivity index is 1.54. The molecule has 11 heteroatoms. The molecule has 0 saturated heterocycles. The quantitative estimate of drug-likeness (QED) is 0.0661. The highest BCUT2D eigenvalue weighted by atomic mass is 16.5. The molecule has 0 saturated carbocycles. The highest BCUT2D eigenvalue weighted by Gasteiger charge is 2.39. The lowest BCUT2D eigenvalue weighted by molar-refractivity contribution is -0.137. The Bertz CT molecular complexity index is 2260. The number of hydrogen-bond donors (Lipinski definition) is 5. The van der Waals surface area contributed by atoms with Crippen LogP contribution in [0.1, 0.15) is 66.6 Å². The number of aliphatic hydroxyl groups is 2. The molecule has 2 aliphatic rings. The standard InChI is InChI=1S/C45H41NO10/c1-22(2)33-28-17-24(5)35(41(50)37(28)30(39(48)43(33)52)20-55-32(47)19-26-13-9-7-10-14-26)36-25(6)18-29-34(23(3)4)44(53)40(49)31(38(29)42(36)51)21-56-45(54)46-27-15-11-8-12-16-27/h7-18,20-23,50-53H,19H2,1-6H3,(H,46,54)/b30-20-,31-21-. The Kier molecular flexibility index (Phi) is 10.7. The number of Topliss-reactive ketones (excluding diaryl/α,β-unsaturated/α-hetero) is 2. The lowest BCUT2D eigenvalue weighted by Crippen LogP contribution is -2.20. The van der Waals surface area contributed by atoms with E-state index in [0.717, 1.165) is 12.5 Å². The van der Waals surface area contributed by atoms with Crippen LogP contribution in [0.15, 0.2) is 96.8 Å². The summed E-state index contributed by atoms with van der Waals surface area (Å²) in [5.41, 5.74) is 2.55. The number of esters is 1. The summed E-state index contributed by atoms with van der Waals surface area (Å²) in [5.74, 6) is -5.31. The summed E-state index contributed by atoms with van der Waals surface area (Å²) in [5, 5.41) is 49.3. The van der Waals surface area contributed by atoms with Crippen molar-refractivity contribution in [3.8, 4) is 22.6 Å². The molecule has 11 nitrogen and oxygen atoms in total. The number of ether oxygens (including phenoxy) is 2. The molecule has 2 aliphatic carbocycles. The number of amides is 1. The number of carbonyl (C=O) groups excluding carboxylic acids is 4. The Hall–Kier alpha value is -6.88. The molecule has 0 bridgehead atoms. The predicted octanol–water partition coefficient (Wildman–Crippen LogP) is 9.11. The van der Waals surface area contributed by atoms with Gasteiger partial charge in [-0.15, -0.1) is 0 Å². The van der Waals surface area contributed by atoms with Gasteiger partial charge in [0.05, 0.1) is 17.6 Å². The first-order valence-electron chi connectivity index (χ1n) is 18.0. The smallest absolute Gasteiger partial charge is 0.416 e. The Labute approximate surface area is 323 Å². The van der Waals surface area contributed by atoms with E-state index in [0.29, 0.717) is 33.5 Å². The van der Waals surface area contributed by atoms with Crippen LogP contribution in [0.3, 0.4) is 0 Å². The molecule has 0 atom stereocenters. The van der Waals surface area contributed by atoms with Gasteiger partial charge in [0.2, 0.25) is 11.6 Å². The monoisotopic (exact) mass is 755 g/mol. The SMILES string of the molecule is Cc1cc2c(c(O)c1-c1c(C)cc3c(c1O)/C(=C/OC(=O)Nc1ccccc1)C(=O)C(O)=C3C(C)C)/C(=C/OC(=O)Cc1ccccc1)C(=O)C(O)=C2C(C)C. The van der Waals surface area contributed by atoms with Gasteiger partial charge in [0, 0.05) is 39.1 Å². The summed E-state index contributed by atoms with van der Waals surface area (Å²) in [7, 11) is 0. The van der Waals surface area contributed by atoms with Crippen LogP contribution in [-0.4, -0.2) is 44.1 Å². The molecule has 5 N–H and O–H groups in total. The number of hydrogen-bond acceptors (Lipinski definition) is 10. The zero-order valence-corrected chi connectivity index (χ0v) is 31.7. The summed E-state index contributed by atoms with van der Waals surface area (Å²) in [6, 6.07) is 20.6. The van der Waals surface area contributed by atoms with Gasteiger partial charge in [-0.25, -0.2) is 4.79 Å². The van der Waals surface area contributed by atoms with Gasteiger partial charge < -0.3 is 29.9 Å². The van der Waals surface area contributed by atoms with Gasteiger partial charge in [0.15, 0.2) is 11.5 Å². The lowest BCUT2D eigenvalue weighted by Gasteiger charge is -2.29. The molecule has 286 valence electrons. The second-order valence-electron chi connectivity index (χ2n) is 14.3. The van der Waals surface area contributed by atoms with Crippen molar-refractivity contribution >= 4 is 51.6 Å². The zero-order chi connectivity index (χ0) is 40.6. The normalized spacial score (nSPS) is 15.4. The van der Waals surface area contributed by atoms with Gasteiger partial charge >= 0.3 is 12.1 Å². The molecule has 0 radical (unpaired) electrons. The first-order valence-corrected chi connectivity index (χ1v) is 18.0. The predicted molar refractivity (Wildman–Crippen MR) is 212 cm³/mol. The van der Waals surface area contributed by atoms with Gasteiger partial charge in [0.25, 0.3) is 0 Å². The first-order chi connectivity index (χ1) is 26.6. The van der Waals surface area contributed by atoms with Crippen LogP contribution in [0.4, 0.5) is 10.5 Å². The van der Waals surface area contributed by atoms with E-state index >= 15 is 0 Å². The number of phenols is 2. The topological polar surface area (TPSA) is 180 Å². The van der Waals surface area contributed by atoms with Crippen molar-refractivity contribution < 1.29 is 49.1 Å². The molecular formula is C45H41NO10. The summed E-state index contributed by atoms with van der Waals surface area (Å²) >= 11 is 0. The van der Waals surface area contributed by atoms with Gasteiger partial charge in [0.1, 0.15) is 24.0 Å². The third-order valence-electron chi connectivity index (χ3n) is 9.75. The number of aliphatic hydroxyl groups excluding tert-OH is 2. The number of aromatic hydroxyl groups is 2. The van der Waals surface area contributed by atoms with Gasteiger partial charge in [-0.3, -0.25) is 19.7 Å². The van der Waals surface area contributed by atoms with Gasteiger partial charge in [-0.1, -0.05) is 88.4 Å².